The summed E-state index contributed by atoms with van der Waals surface area (Å²) in [6.07, 6.45) is 2.67. The first-order valence-electron chi connectivity index (χ1n) is 7.17. The van der Waals surface area contributed by atoms with Crippen LogP contribution in [0.3, 0.4) is 0 Å². The largest absolute Gasteiger partial charge is 0.469 e. The van der Waals surface area contributed by atoms with Crippen LogP contribution in [0.1, 0.15) is 17.0 Å². The molecule has 0 spiro atoms. The van der Waals surface area contributed by atoms with Crippen molar-refractivity contribution < 1.29 is 4.42 Å². The summed E-state index contributed by atoms with van der Waals surface area (Å²) in [4.78, 5) is 14.7. The number of anilines is 1. The van der Waals surface area contributed by atoms with Gasteiger partial charge in [-0.1, -0.05) is 23.7 Å². The van der Waals surface area contributed by atoms with Crippen LogP contribution < -0.4 is 10.9 Å². The van der Waals surface area contributed by atoms with Gasteiger partial charge in [-0.3, -0.25) is 9.78 Å². The van der Waals surface area contributed by atoms with E-state index in [4.69, 9.17) is 16.0 Å². The molecule has 0 radical (unpaired) electrons. The third kappa shape index (κ3) is 4.20. The number of nitrogens with one attached hydrogen (secondary N) is 2. The summed E-state index contributed by atoms with van der Waals surface area (Å²) >= 11 is 5.84. The highest BCUT2D eigenvalue weighted by atomic mass is 35.5. The van der Waals surface area contributed by atoms with Crippen molar-refractivity contribution in [3.63, 3.8) is 0 Å². The van der Waals surface area contributed by atoms with Crippen LogP contribution in [0.5, 0.6) is 0 Å². The van der Waals surface area contributed by atoms with E-state index in [1.165, 1.54) is 0 Å². The minimum Gasteiger partial charge on any atom is -0.469 e. The highest BCUT2D eigenvalue weighted by Gasteiger charge is 2.07. The molecule has 0 bridgehead atoms. The van der Waals surface area contributed by atoms with Crippen molar-refractivity contribution in [2.24, 2.45) is 0 Å². The molecule has 0 aliphatic rings. The summed E-state index contributed by atoms with van der Waals surface area (Å²) in [5, 5.41) is 11.7. The van der Waals surface area contributed by atoms with Gasteiger partial charge in [0.1, 0.15) is 11.5 Å². The normalized spacial score (nSPS) is 10.7. The second kappa shape index (κ2) is 7.11. The minimum atomic E-state index is -0.273. The Balaban J connectivity index is 1.57. The fourth-order valence-corrected chi connectivity index (χ4v) is 2.24. The Morgan fingerprint density at radius 2 is 2.00 bits per heavy atom. The summed E-state index contributed by atoms with van der Waals surface area (Å²) in [5.74, 6) is 1.03. The fraction of sp³-hybridized carbons (Fsp3) is 0.188. The third-order valence-corrected chi connectivity index (χ3v) is 3.56. The Hall–Kier alpha value is -2.60. The van der Waals surface area contributed by atoms with Gasteiger partial charge in [0.15, 0.2) is 0 Å². The van der Waals surface area contributed by atoms with E-state index < -0.39 is 0 Å². The number of H-pyrrole nitrogens is 1. The lowest BCUT2D eigenvalue weighted by molar-refractivity contribution is 0.517. The Morgan fingerprint density at radius 1 is 1.17 bits per heavy atom. The molecule has 0 aliphatic carbocycles. The third-order valence-electron chi connectivity index (χ3n) is 3.31. The van der Waals surface area contributed by atoms with Gasteiger partial charge in [0.25, 0.3) is 5.56 Å². The molecule has 6 nitrogen and oxygen atoms in total. The van der Waals surface area contributed by atoms with E-state index in [9.17, 15) is 4.79 Å². The summed E-state index contributed by atoms with van der Waals surface area (Å²) in [5.41, 5.74) is 1.19. The average molecular weight is 331 g/mol. The summed E-state index contributed by atoms with van der Waals surface area (Å²) in [7, 11) is 0. The monoisotopic (exact) mass is 330 g/mol. The zero-order valence-electron chi connectivity index (χ0n) is 12.3. The second-order valence-electron chi connectivity index (χ2n) is 5.01. The first-order chi connectivity index (χ1) is 11.2. The van der Waals surface area contributed by atoms with Gasteiger partial charge in [-0.2, -0.15) is 0 Å². The van der Waals surface area contributed by atoms with Crippen LogP contribution in [0.4, 0.5) is 5.95 Å². The first kappa shape index (κ1) is 15.3. The Labute approximate surface area is 137 Å². The van der Waals surface area contributed by atoms with E-state index in [2.05, 4.69) is 20.5 Å². The number of aromatic nitrogens is 3. The lowest BCUT2D eigenvalue weighted by atomic mass is 10.1. The van der Waals surface area contributed by atoms with Crippen LogP contribution in [0.15, 0.2) is 51.9 Å². The molecular weight excluding hydrogens is 316 g/mol. The zero-order chi connectivity index (χ0) is 16.1. The molecule has 3 aromatic rings. The maximum atomic E-state index is 12.0. The van der Waals surface area contributed by atoms with E-state index >= 15 is 0 Å². The van der Waals surface area contributed by atoms with Gasteiger partial charge in [-0.05, 0) is 36.2 Å². The predicted octanol–water partition coefficient (Wildman–Crippen LogP) is 2.66. The number of aromatic amines is 1. The van der Waals surface area contributed by atoms with Crippen LogP contribution in [0, 0.1) is 0 Å². The van der Waals surface area contributed by atoms with Gasteiger partial charge in [0.05, 0.1) is 12.7 Å². The van der Waals surface area contributed by atoms with Gasteiger partial charge < -0.3 is 9.73 Å². The molecule has 23 heavy (non-hydrogen) atoms. The number of nitrogens with zero attached hydrogens (tertiary/aromatic N) is 2. The van der Waals surface area contributed by atoms with Crippen LogP contribution in [-0.4, -0.2) is 21.7 Å². The van der Waals surface area contributed by atoms with Crippen molar-refractivity contribution in [1.82, 2.24) is 15.2 Å². The number of hydrogen-bond acceptors (Lipinski definition) is 5. The van der Waals surface area contributed by atoms with E-state index in [-0.39, 0.29) is 5.56 Å². The summed E-state index contributed by atoms with van der Waals surface area (Å²) < 4.78 is 5.20. The van der Waals surface area contributed by atoms with Crippen molar-refractivity contribution in [3.05, 3.63) is 75.1 Å². The molecular formula is C16H15ClN4O2. The number of furan rings is 1. The molecule has 7 heteroatoms. The van der Waals surface area contributed by atoms with Crippen molar-refractivity contribution in [3.8, 4) is 0 Å². The molecule has 0 fully saturated rings. The minimum absolute atomic E-state index is 0.273. The number of rotatable bonds is 6. The maximum absolute atomic E-state index is 12.0. The average Bonchev–Trinajstić information content (AvgIpc) is 3.05. The van der Waals surface area contributed by atoms with Gasteiger partial charge in [-0.25, -0.2) is 0 Å². The van der Waals surface area contributed by atoms with Gasteiger partial charge in [0, 0.05) is 11.6 Å². The van der Waals surface area contributed by atoms with Gasteiger partial charge in [0.2, 0.25) is 5.95 Å². The van der Waals surface area contributed by atoms with E-state index in [0.29, 0.717) is 35.4 Å². The highest BCUT2D eigenvalue weighted by Crippen LogP contribution is 2.10. The Kier molecular flexibility index (Phi) is 4.73. The first-order valence-corrected chi connectivity index (χ1v) is 7.55. The molecule has 3 rings (SSSR count). The Morgan fingerprint density at radius 3 is 2.70 bits per heavy atom. The SMILES string of the molecule is O=c1[nH]c(NCCc2ccc(Cl)cc2)nnc1Cc1ccco1. The maximum Gasteiger partial charge on any atom is 0.274 e. The molecule has 1 aromatic carbocycles. The molecule has 2 aromatic heterocycles. The molecule has 0 unspecified atom stereocenters. The fourth-order valence-electron chi connectivity index (χ4n) is 2.11. The van der Waals surface area contributed by atoms with Crippen molar-refractivity contribution in [2.45, 2.75) is 12.8 Å². The van der Waals surface area contributed by atoms with Crippen molar-refractivity contribution >= 4 is 17.5 Å². The Bertz CT molecular complexity index is 813. The quantitative estimate of drug-likeness (QED) is 0.726. The standard InChI is InChI=1S/C16H15ClN4O2/c17-12-5-3-11(4-6-12)7-8-18-16-19-15(22)14(20-21-16)10-13-2-1-9-23-13/h1-6,9H,7-8,10H2,(H2,18,19,21,22). The summed E-state index contributed by atoms with van der Waals surface area (Å²) in [6.45, 7) is 0.629. The number of benzene rings is 1. The molecule has 0 saturated heterocycles. The van der Waals surface area contributed by atoms with Crippen LogP contribution in [-0.2, 0) is 12.8 Å². The van der Waals surface area contributed by atoms with Crippen LogP contribution in [0.25, 0.3) is 0 Å². The van der Waals surface area contributed by atoms with Crippen LogP contribution >= 0.6 is 11.6 Å². The lowest BCUT2D eigenvalue weighted by Gasteiger charge is -2.05. The lowest BCUT2D eigenvalue weighted by Crippen LogP contribution is -2.20. The van der Waals surface area contributed by atoms with Crippen molar-refractivity contribution in [2.75, 3.05) is 11.9 Å². The van der Waals surface area contributed by atoms with Crippen LogP contribution in [0.2, 0.25) is 5.02 Å². The summed E-state index contributed by atoms with van der Waals surface area (Å²) in [6, 6.07) is 11.2. The smallest absolute Gasteiger partial charge is 0.274 e. The number of halogens is 1. The number of hydrogen-bond donors (Lipinski definition) is 2. The molecule has 2 N–H and O–H groups in total. The molecule has 0 saturated carbocycles. The van der Waals surface area contributed by atoms with E-state index in [1.807, 2.05) is 24.3 Å². The molecule has 118 valence electrons. The molecule has 0 atom stereocenters. The second-order valence-corrected chi connectivity index (χ2v) is 5.45. The van der Waals surface area contributed by atoms with E-state index in [1.54, 1.807) is 18.4 Å². The molecule has 0 amide bonds. The van der Waals surface area contributed by atoms with Gasteiger partial charge in [-0.15, -0.1) is 10.2 Å². The van der Waals surface area contributed by atoms with Gasteiger partial charge >= 0.3 is 0 Å². The topological polar surface area (TPSA) is 83.8 Å². The molecule has 0 aliphatic heterocycles. The van der Waals surface area contributed by atoms with E-state index in [0.717, 1.165) is 12.0 Å². The molecule has 2 heterocycles. The van der Waals surface area contributed by atoms with Crippen molar-refractivity contribution in [1.29, 1.82) is 0 Å². The predicted molar refractivity (Wildman–Crippen MR) is 87.8 cm³/mol. The zero-order valence-corrected chi connectivity index (χ0v) is 13.0. The highest BCUT2D eigenvalue weighted by molar-refractivity contribution is 6.30.